The van der Waals surface area contributed by atoms with Crippen LogP contribution in [0.1, 0.15) is 36.2 Å². The van der Waals surface area contributed by atoms with E-state index in [1.807, 2.05) is 13.8 Å². The van der Waals surface area contributed by atoms with Crippen molar-refractivity contribution >= 4 is 23.7 Å². The maximum Gasteiger partial charge on any atom is 0.271 e. The molecule has 2 rings (SSSR count). The van der Waals surface area contributed by atoms with Crippen molar-refractivity contribution in [2.24, 2.45) is 5.10 Å². The number of benzene rings is 2. The summed E-state index contributed by atoms with van der Waals surface area (Å²) in [7, 11) is 3.08. The Hall–Kier alpha value is -2.93. The fraction of sp³-hybridized carbons (Fsp3) is 0.333. The Morgan fingerprint density at radius 2 is 1.83 bits per heavy atom. The van der Waals surface area contributed by atoms with Gasteiger partial charge in [0.25, 0.3) is 5.91 Å². The average Bonchev–Trinajstić information content (AvgIpc) is 2.72. The summed E-state index contributed by atoms with van der Waals surface area (Å²) in [5.41, 5.74) is 3.53. The standard InChI is InChI=1S/C21H25ClN2O5/c1-5-9-29-20-16(22)10-14(11-19(20)27-4)13-23-24-21(25)15-7-8-17(26-3)18(12-15)28-6-2/h7-8,10-13H,5-6,9H2,1-4H3,(H,24,25)/b23-13+. The van der Waals surface area contributed by atoms with Crippen LogP contribution in [0.2, 0.25) is 5.02 Å². The number of carbonyl (C=O) groups excluding carboxylic acids is 1. The lowest BCUT2D eigenvalue weighted by atomic mass is 10.2. The van der Waals surface area contributed by atoms with E-state index in [0.29, 0.717) is 52.4 Å². The van der Waals surface area contributed by atoms with Gasteiger partial charge in [-0.3, -0.25) is 4.79 Å². The van der Waals surface area contributed by atoms with Crippen molar-refractivity contribution in [3.63, 3.8) is 0 Å². The zero-order chi connectivity index (χ0) is 21.2. The zero-order valence-electron chi connectivity index (χ0n) is 17.0. The highest BCUT2D eigenvalue weighted by molar-refractivity contribution is 6.32. The molecule has 0 saturated heterocycles. The molecular weight excluding hydrogens is 396 g/mol. The molecule has 0 fully saturated rings. The number of nitrogens with zero attached hydrogens (tertiary/aromatic N) is 1. The number of amides is 1. The van der Waals surface area contributed by atoms with E-state index >= 15 is 0 Å². The molecule has 0 aromatic heterocycles. The van der Waals surface area contributed by atoms with Crippen LogP contribution in [0.25, 0.3) is 0 Å². The SMILES string of the molecule is CCCOc1c(Cl)cc(/C=N/NC(=O)c2ccc(OC)c(OCC)c2)cc1OC. The van der Waals surface area contributed by atoms with E-state index in [1.54, 1.807) is 37.4 Å². The molecule has 0 saturated carbocycles. The topological polar surface area (TPSA) is 78.4 Å². The molecule has 1 N–H and O–H groups in total. The Morgan fingerprint density at radius 3 is 2.48 bits per heavy atom. The van der Waals surface area contributed by atoms with Crippen molar-refractivity contribution in [2.75, 3.05) is 27.4 Å². The first-order chi connectivity index (χ1) is 14.0. The molecular formula is C21H25ClN2O5. The minimum Gasteiger partial charge on any atom is -0.493 e. The fourth-order valence-corrected chi connectivity index (χ4v) is 2.75. The van der Waals surface area contributed by atoms with Crippen molar-refractivity contribution in [3.05, 3.63) is 46.5 Å². The molecule has 0 atom stereocenters. The minimum atomic E-state index is -0.384. The van der Waals surface area contributed by atoms with Crippen LogP contribution in [-0.2, 0) is 0 Å². The summed E-state index contributed by atoms with van der Waals surface area (Å²) in [4.78, 5) is 12.4. The van der Waals surface area contributed by atoms with Gasteiger partial charge in [-0.25, -0.2) is 5.43 Å². The molecule has 0 aliphatic heterocycles. The Labute approximate surface area is 175 Å². The van der Waals surface area contributed by atoms with Gasteiger partial charge in [-0.1, -0.05) is 18.5 Å². The largest absolute Gasteiger partial charge is 0.493 e. The second-order valence-corrected chi connectivity index (χ2v) is 6.29. The third kappa shape index (κ3) is 6.02. The summed E-state index contributed by atoms with van der Waals surface area (Å²) in [6.07, 6.45) is 2.33. The lowest BCUT2D eigenvalue weighted by Crippen LogP contribution is -2.17. The molecule has 0 spiro atoms. The van der Waals surface area contributed by atoms with E-state index in [2.05, 4.69) is 10.5 Å². The molecule has 0 unspecified atom stereocenters. The van der Waals surface area contributed by atoms with Gasteiger partial charge in [0.1, 0.15) is 0 Å². The molecule has 156 valence electrons. The third-order valence-corrected chi connectivity index (χ3v) is 4.09. The van der Waals surface area contributed by atoms with Crippen LogP contribution in [0, 0.1) is 0 Å². The predicted molar refractivity (Wildman–Crippen MR) is 113 cm³/mol. The van der Waals surface area contributed by atoms with Crippen LogP contribution in [0.3, 0.4) is 0 Å². The predicted octanol–water partition coefficient (Wildman–Crippen LogP) is 4.31. The summed E-state index contributed by atoms with van der Waals surface area (Å²) < 4.78 is 21.7. The molecule has 0 aliphatic carbocycles. The van der Waals surface area contributed by atoms with Crippen molar-refractivity contribution in [3.8, 4) is 23.0 Å². The second kappa shape index (κ2) is 11.2. The fourth-order valence-electron chi connectivity index (χ4n) is 2.47. The number of rotatable bonds is 10. The molecule has 8 heteroatoms. The van der Waals surface area contributed by atoms with Crippen LogP contribution < -0.4 is 24.4 Å². The Bertz CT molecular complexity index is 870. The lowest BCUT2D eigenvalue weighted by molar-refractivity contribution is 0.0954. The zero-order valence-corrected chi connectivity index (χ0v) is 17.7. The Balaban J connectivity index is 2.12. The van der Waals surface area contributed by atoms with Crippen LogP contribution in [0.5, 0.6) is 23.0 Å². The van der Waals surface area contributed by atoms with Gasteiger partial charge in [0.2, 0.25) is 0 Å². The molecule has 0 radical (unpaired) electrons. The van der Waals surface area contributed by atoms with Crippen LogP contribution in [-0.4, -0.2) is 39.6 Å². The minimum absolute atomic E-state index is 0.384. The molecule has 29 heavy (non-hydrogen) atoms. The van der Waals surface area contributed by atoms with Gasteiger partial charge < -0.3 is 18.9 Å². The summed E-state index contributed by atoms with van der Waals surface area (Å²) in [5, 5.41) is 4.40. The third-order valence-electron chi connectivity index (χ3n) is 3.81. The van der Waals surface area contributed by atoms with Gasteiger partial charge in [-0.05, 0) is 49.2 Å². The number of nitrogens with one attached hydrogen (secondary N) is 1. The molecule has 0 aliphatic rings. The first-order valence-electron chi connectivity index (χ1n) is 9.18. The van der Waals surface area contributed by atoms with E-state index in [9.17, 15) is 4.79 Å². The number of methoxy groups -OCH3 is 2. The maximum atomic E-state index is 12.4. The lowest BCUT2D eigenvalue weighted by Gasteiger charge is -2.12. The van der Waals surface area contributed by atoms with Gasteiger partial charge in [0.15, 0.2) is 23.0 Å². The highest BCUT2D eigenvalue weighted by Gasteiger charge is 2.12. The monoisotopic (exact) mass is 420 g/mol. The van der Waals surface area contributed by atoms with E-state index in [4.69, 9.17) is 30.5 Å². The van der Waals surface area contributed by atoms with Gasteiger partial charge >= 0.3 is 0 Å². The summed E-state index contributed by atoms with van der Waals surface area (Å²) >= 11 is 6.28. The number of hydrazone groups is 1. The van der Waals surface area contributed by atoms with Crippen molar-refractivity contribution < 1.29 is 23.7 Å². The highest BCUT2D eigenvalue weighted by Crippen LogP contribution is 2.36. The van der Waals surface area contributed by atoms with Crippen molar-refractivity contribution in [1.29, 1.82) is 0 Å². The molecule has 2 aromatic rings. The van der Waals surface area contributed by atoms with Gasteiger partial charge in [-0.15, -0.1) is 0 Å². The number of ether oxygens (including phenoxy) is 4. The number of carbonyl (C=O) groups is 1. The number of hydrogen-bond acceptors (Lipinski definition) is 6. The number of halogens is 1. The van der Waals surface area contributed by atoms with Gasteiger partial charge in [0, 0.05) is 5.56 Å². The second-order valence-electron chi connectivity index (χ2n) is 5.88. The molecule has 0 bridgehead atoms. The normalized spacial score (nSPS) is 10.7. The molecule has 1 amide bonds. The first kappa shape index (κ1) is 22.4. The van der Waals surface area contributed by atoms with E-state index in [0.717, 1.165) is 6.42 Å². The first-order valence-corrected chi connectivity index (χ1v) is 9.56. The Morgan fingerprint density at radius 1 is 1.07 bits per heavy atom. The van der Waals surface area contributed by atoms with Gasteiger partial charge in [0.05, 0.1) is 38.7 Å². The van der Waals surface area contributed by atoms with E-state index in [1.165, 1.54) is 13.3 Å². The summed E-state index contributed by atoms with van der Waals surface area (Å²) in [6, 6.07) is 8.32. The van der Waals surface area contributed by atoms with Crippen LogP contribution in [0.15, 0.2) is 35.4 Å². The van der Waals surface area contributed by atoms with Crippen LogP contribution in [0.4, 0.5) is 0 Å². The smallest absolute Gasteiger partial charge is 0.271 e. The molecule has 7 nitrogen and oxygen atoms in total. The van der Waals surface area contributed by atoms with Crippen molar-refractivity contribution in [2.45, 2.75) is 20.3 Å². The highest BCUT2D eigenvalue weighted by atomic mass is 35.5. The van der Waals surface area contributed by atoms with E-state index < -0.39 is 0 Å². The Kier molecular flexibility index (Phi) is 8.61. The molecule has 0 heterocycles. The van der Waals surface area contributed by atoms with E-state index in [-0.39, 0.29) is 5.91 Å². The summed E-state index contributed by atoms with van der Waals surface area (Å²) in [5.74, 6) is 1.64. The average molecular weight is 421 g/mol. The summed E-state index contributed by atoms with van der Waals surface area (Å²) in [6.45, 7) is 4.85. The number of hydrogen-bond donors (Lipinski definition) is 1. The quantitative estimate of drug-likeness (QED) is 0.457. The van der Waals surface area contributed by atoms with Crippen molar-refractivity contribution in [1.82, 2.24) is 5.43 Å². The maximum absolute atomic E-state index is 12.4. The van der Waals surface area contributed by atoms with Gasteiger partial charge in [-0.2, -0.15) is 5.10 Å². The molecule has 2 aromatic carbocycles. The van der Waals surface area contributed by atoms with Crippen LogP contribution >= 0.6 is 11.6 Å².